The van der Waals surface area contributed by atoms with E-state index >= 15 is 0 Å². The van der Waals surface area contributed by atoms with Gasteiger partial charge in [0.05, 0.1) is 6.61 Å². The largest absolute Gasteiger partial charge is 0.493 e. The molecule has 0 spiro atoms. The lowest BCUT2D eigenvalue weighted by molar-refractivity contribution is 0.322. The molecule has 0 bridgehead atoms. The van der Waals surface area contributed by atoms with Crippen molar-refractivity contribution in [3.05, 3.63) is 41.4 Å². The fourth-order valence-corrected chi connectivity index (χ4v) is 1.96. The van der Waals surface area contributed by atoms with Crippen molar-refractivity contribution in [2.24, 2.45) is 0 Å². The molecule has 3 heteroatoms. The number of benzene rings is 2. The Kier molecular flexibility index (Phi) is 3.97. The molecule has 0 heterocycles. The summed E-state index contributed by atoms with van der Waals surface area (Å²) in [6.45, 7) is 0.690. The zero-order valence-electron chi connectivity index (χ0n) is 8.82. The van der Waals surface area contributed by atoms with Crippen molar-refractivity contribution in [2.75, 3.05) is 12.4 Å². The molecule has 0 unspecified atom stereocenters. The van der Waals surface area contributed by atoms with Crippen LogP contribution in [-0.4, -0.2) is 12.4 Å². The zero-order chi connectivity index (χ0) is 11.4. The SMILES string of the molecule is SCCCOc1ccc(Cl)c2ccccc12. The first-order chi connectivity index (χ1) is 7.83. The van der Waals surface area contributed by atoms with Crippen LogP contribution >= 0.6 is 24.2 Å². The third kappa shape index (κ3) is 2.45. The Hall–Kier alpha value is -0.860. The van der Waals surface area contributed by atoms with Gasteiger partial charge in [0, 0.05) is 15.8 Å². The highest BCUT2D eigenvalue weighted by Gasteiger charge is 2.04. The highest BCUT2D eigenvalue weighted by molar-refractivity contribution is 7.80. The van der Waals surface area contributed by atoms with Crippen LogP contribution in [-0.2, 0) is 0 Å². The van der Waals surface area contributed by atoms with E-state index < -0.39 is 0 Å². The number of hydrogen-bond donors (Lipinski definition) is 1. The Morgan fingerprint density at radius 3 is 2.56 bits per heavy atom. The van der Waals surface area contributed by atoms with E-state index in [4.69, 9.17) is 16.3 Å². The molecule has 0 saturated carbocycles. The molecule has 2 rings (SSSR count). The Balaban J connectivity index is 2.35. The van der Waals surface area contributed by atoms with E-state index in [0.717, 1.165) is 33.7 Å². The van der Waals surface area contributed by atoms with E-state index in [1.54, 1.807) is 0 Å². The number of fused-ring (bicyclic) bond motifs is 1. The molecule has 2 aromatic rings. The van der Waals surface area contributed by atoms with Crippen LogP contribution in [0.4, 0.5) is 0 Å². The van der Waals surface area contributed by atoms with Gasteiger partial charge in [0.15, 0.2) is 0 Å². The second-order valence-electron chi connectivity index (χ2n) is 3.52. The van der Waals surface area contributed by atoms with Crippen LogP contribution < -0.4 is 4.74 Å². The summed E-state index contributed by atoms with van der Waals surface area (Å²) in [7, 11) is 0. The number of hydrogen-bond acceptors (Lipinski definition) is 2. The third-order valence-corrected chi connectivity index (χ3v) is 3.04. The highest BCUT2D eigenvalue weighted by Crippen LogP contribution is 2.31. The minimum atomic E-state index is 0.690. The van der Waals surface area contributed by atoms with Crippen LogP contribution in [0.15, 0.2) is 36.4 Å². The van der Waals surface area contributed by atoms with Gasteiger partial charge in [0.25, 0.3) is 0 Å². The second kappa shape index (κ2) is 5.46. The lowest BCUT2D eigenvalue weighted by atomic mass is 10.1. The van der Waals surface area contributed by atoms with E-state index in [1.165, 1.54) is 0 Å². The van der Waals surface area contributed by atoms with E-state index in [1.807, 2.05) is 36.4 Å². The molecule has 2 aromatic carbocycles. The summed E-state index contributed by atoms with van der Waals surface area (Å²) < 4.78 is 5.71. The third-order valence-electron chi connectivity index (χ3n) is 2.39. The van der Waals surface area contributed by atoms with Gasteiger partial charge in [0.2, 0.25) is 0 Å². The maximum absolute atomic E-state index is 6.12. The molecule has 0 radical (unpaired) electrons. The summed E-state index contributed by atoms with van der Waals surface area (Å²) in [5.74, 6) is 1.73. The lowest BCUT2D eigenvalue weighted by Crippen LogP contribution is -1.98. The lowest BCUT2D eigenvalue weighted by Gasteiger charge is -2.09. The maximum atomic E-state index is 6.12. The van der Waals surface area contributed by atoms with Crippen LogP contribution in [0.2, 0.25) is 5.02 Å². The maximum Gasteiger partial charge on any atom is 0.127 e. The van der Waals surface area contributed by atoms with Crippen LogP contribution in [0.3, 0.4) is 0 Å². The average Bonchev–Trinajstić information content (AvgIpc) is 2.33. The molecule has 0 amide bonds. The summed E-state index contributed by atoms with van der Waals surface area (Å²) >= 11 is 10.3. The summed E-state index contributed by atoms with van der Waals surface area (Å²) in [6, 6.07) is 11.8. The standard InChI is InChI=1S/C13H13ClOS/c14-12-6-7-13(15-8-3-9-16)11-5-2-1-4-10(11)12/h1-2,4-7,16H,3,8-9H2. The van der Waals surface area contributed by atoms with Crippen molar-refractivity contribution in [2.45, 2.75) is 6.42 Å². The normalized spacial score (nSPS) is 10.6. The molecule has 0 aliphatic heterocycles. The molecule has 84 valence electrons. The Bertz CT molecular complexity index is 484. The van der Waals surface area contributed by atoms with Crippen LogP contribution in [0, 0.1) is 0 Å². The van der Waals surface area contributed by atoms with Gasteiger partial charge in [-0.3, -0.25) is 0 Å². The van der Waals surface area contributed by atoms with E-state index in [2.05, 4.69) is 12.6 Å². The smallest absolute Gasteiger partial charge is 0.127 e. The summed E-state index contributed by atoms with van der Waals surface area (Å²) in [5.41, 5.74) is 0. The van der Waals surface area contributed by atoms with Gasteiger partial charge >= 0.3 is 0 Å². The summed E-state index contributed by atoms with van der Waals surface area (Å²) in [6.07, 6.45) is 0.945. The molecule has 1 nitrogen and oxygen atoms in total. The van der Waals surface area contributed by atoms with E-state index in [0.29, 0.717) is 6.61 Å². The van der Waals surface area contributed by atoms with E-state index in [-0.39, 0.29) is 0 Å². The van der Waals surface area contributed by atoms with E-state index in [9.17, 15) is 0 Å². The molecule has 0 atom stereocenters. The van der Waals surface area contributed by atoms with Crippen LogP contribution in [0.5, 0.6) is 5.75 Å². The van der Waals surface area contributed by atoms with Crippen LogP contribution in [0.25, 0.3) is 10.8 Å². The predicted molar refractivity (Wildman–Crippen MR) is 72.9 cm³/mol. The van der Waals surface area contributed by atoms with Crippen molar-refractivity contribution in [1.29, 1.82) is 0 Å². The summed E-state index contributed by atoms with van der Waals surface area (Å²) in [5, 5.41) is 2.86. The molecule has 0 aliphatic carbocycles. The zero-order valence-corrected chi connectivity index (χ0v) is 10.5. The number of thiol groups is 1. The topological polar surface area (TPSA) is 9.23 Å². The fraction of sp³-hybridized carbons (Fsp3) is 0.231. The monoisotopic (exact) mass is 252 g/mol. The number of ether oxygens (including phenoxy) is 1. The molecular formula is C13H13ClOS. The first-order valence-corrected chi connectivity index (χ1v) is 6.25. The number of rotatable bonds is 4. The highest BCUT2D eigenvalue weighted by atomic mass is 35.5. The molecule has 0 saturated heterocycles. The first-order valence-electron chi connectivity index (χ1n) is 5.24. The quantitative estimate of drug-likeness (QED) is 0.634. The molecule has 0 aromatic heterocycles. The predicted octanol–water partition coefficient (Wildman–Crippen LogP) is 4.19. The van der Waals surface area contributed by atoms with Gasteiger partial charge in [-0.1, -0.05) is 35.9 Å². The van der Waals surface area contributed by atoms with Crippen molar-refractivity contribution in [3.8, 4) is 5.75 Å². The van der Waals surface area contributed by atoms with Crippen LogP contribution in [0.1, 0.15) is 6.42 Å². The van der Waals surface area contributed by atoms with Crippen molar-refractivity contribution in [3.63, 3.8) is 0 Å². The minimum Gasteiger partial charge on any atom is -0.493 e. The van der Waals surface area contributed by atoms with Gasteiger partial charge in [-0.25, -0.2) is 0 Å². The van der Waals surface area contributed by atoms with Gasteiger partial charge in [-0.2, -0.15) is 12.6 Å². The van der Waals surface area contributed by atoms with Crippen molar-refractivity contribution < 1.29 is 4.74 Å². The first kappa shape index (κ1) is 11.6. The number of halogens is 1. The minimum absolute atomic E-state index is 0.690. The molecule has 16 heavy (non-hydrogen) atoms. The van der Waals surface area contributed by atoms with Gasteiger partial charge in [-0.15, -0.1) is 0 Å². The Morgan fingerprint density at radius 2 is 1.81 bits per heavy atom. The van der Waals surface area contributed by atoms with Gasteiger partial charge in [-0.05, 0) is 24.3 Å². The van der Waals surface area contributed by atoms with Gasteiger partial charge in [0.1, 0.15) is 5.75 Å². The fourth-order valence-electron chi connectivity index (χ4n) is 1.61. The second-order valence-corrected chi connectivity index (χ2v) is 4.37. The molecular weight excluding hydrogens is 240 g/mol. The Labute approximate surface area is 106 Å². The van der Waals surface area contributed by atoms with Crippen molar-refractivity contribution >= 4 is 35.0 Å². The Morgan fingerprint density at radius 1 is 1.06 bits per heavy atom. The van der Waals surface area contributed by atoms with Crippen molar-refractivity contribution in [1.82, 2.24) is 0 Å². The molecule has 0 fully saturated rings. The van der Waals surface area contributed by atoms with Gasteiger partial charge < -0.3 is 4.74 Å². The molecule has 0 aliphatic rings. The average molecular weight is 253 g/mol. The summed E-state index contributed by atoms with van der Waals surface area (Å²) in [4.78, 5) is 0. The molecule has 0 N–H and O–H groups in total.